The molecule has 0 aromatic heterocycles. The van der Waals surface area contributed by atoms with Gasteiger partial charge in [-0.25, -0.2) is 9.59 Å². The summed E-state index contributed by atoms with van der Waals surface area (Å²) in [5, 5.41) is 10.9. The van der Waals surface area contributed by atoms with E-state index < -0.39 is 75.3 Å². The first kappa shape index (κ1) is 25.1. The molecular formula is C11H16N4O10S3. The third-order valence-electron chi connectivity index (χ3n) is 2.32. The summed E-state index contributed by atoms with van der Waals surface area (Å²) in [5.74, 6) is -3.01. The van der Waals surface area contributed by atoms with Gasteiger partial charge in [0.2, 0.25) is 35.9 Å². The van der Waals surface area contributed by atoms with Crippen LogP contribution in [0.3, 0.4) is 0 Å². The Balaban J connectivity index is 6.82. The smallest absolute Gasteiger partial charge is 0.408 e. The fraction of sp³-hybridized carbons (Fsp3) is 0.455. The Kier molecular flexibility index (Phi) is 8.83. The van der Waals surface area contributed by atoms with Crippen LogP contribution in [-0.4, -0.2) is 74.7 Å². The second kappa shape index (κ2) is 9.85. The summed E-state index contributed by atoms with van der Waals surface area (Å²) in [6, 6.07) is -2.55. The SMILES string of the molecule is CC(C)(C)OC(=O)N[C@H](C(=O)O)C(C(C(N=C(N)N)=S(=O)=O)=S(=O)=O)=S(=O)=O. The Morgan fingerprint density at radius 1 is 1.00 bits per heavy atom. The summed E-state index contributed by atoms with van der Waals surface area (Å²) < 4.78 is 73.5. The number of nitrogens with two attached hydrogens (primary N) is 2. The number of hydrogen-bond acceptors (Lipinski definition) is 9. The summed E-state index contributed by atoms with van der Waals surface area (Å²) >= 11 is 0. The van der Waals surface area contributed by atoms with Gasteiger partial charge in [-0.05, 0) is 20.8 Å². The molecule has 14 nitrogen and oxygen atoms in total. The van der Waals surface area contributed by atoms with Crippen LogP contribution in [0.1, 0.15) is 20.8 Å². The molecule has 0 rings (SSSR count). The molecule has 0 aliphatic carbocycles. The molecule has 0 heterocycles. The Hall–Kier alpha value is -2.92. The average Bonchev–Trinajstić information content (AvgIpc) is 2.45. The van der Waals surface area contributed by atoms with E-state index in [9.17, 15) is 39.9 Å². The van der Waals surface area contributed by atoms with Gasteiger partial charge < -0.3 is 26.6 Å². The normalized spacial score (nSPS) is 11.4. The maximum atomic E-state index is 11.8. The van der Waals surface area contributed by atoms with Crippen molar-refractivity contribution >= 4 is 63.6 Å². The van der Waals surface area contributed by atoms with Crippen molar-refractivity contribution in [2.45, 2.75) is 32.4 Å². The zero-order chi connectivity index (χ0) is 22.4. The van der Waals surface area contributed by atoms with Crippen molar-refractivity contribution in [3.63, 3.8) is 0 Å². The van der Waals surface area contributed by atoms with Gasteiger partial charge >= 0.3 is 12.1 Å². The fourth-order valence-electron chi connectivity index (χ4n) is 1.51. The van der Waals surface area contributed by atoms with E-state index >= 15 is 0 Å². The lowest BCUT2D eigenvalue weighted by atomic mass is 10.1. The number of guanidine groups is 1. The third kappa shape index (κ3) is 7.76. The van der Waals surface area contributed by atoms with Gasteiger partial charge in [0.25, 0.3) is 0 Å². The van der Waals surface area contributed by atoms with Crippen molar-refractivity contribution < 1.29 is 44.7 Å². The molecule has 1 amide bonds. The van der Waals surface area contributed by atoms with Gasteiger partial charge in [0.05, 0.1) is 0 Å². The number of ether oxygens (including phenoxy) is 1. The first-order valence-electron chi connectivity index (χ1n) is 6.79. The first-order valence-corrected chi connectivity index (χ1v) is 10.0. The number of carboxylic acids is 1. The second-order valence-electron chi connectivity index (χ2n) is 5.66. The average molecular weight is 460 g/mol. The third-order valence-corrected chi connectivity index (χ3v) is 4.74. The highest BCUT2D eigenvalue weighted by molar-refractivity contribution is 7.88. The first-order chi connectivity index (χ1) is 12.6. The standard InChI is InChI=1S/C11H16N4O10S3/c1-11(2,3)25-10(18)14-4(8(16)17)5(26(19)20)6(27(21)22)7(28(23)24)15-9(12)13/h4H,1-3H3,(H,14,18)(H,16,17)(H4,12,13,15)/t4-/m0/s1. The summed E-state index contributed by atoms with van der Waals surface area (Å²) in [5.41, 5.74) is 8.84. The number of hydrogen-bond donors (Lipinski definition) is 4. The van der Waals surface area contributed by atoms with Crippen molar-refractivity contribution in [2.24, 2.45) is 16.5 Å². The molecule has 0 spiro atoms. The van der Waals surface area contributed by atoms with Crippen molar-refractivity contribution in [1.82, 2.24) is 5.32 Å². The van der Waals surface area contributed by atoms with E-state index in [2.05, 4.69) is 4.99 Å². The van der Waals surface area contributed by atoms with Crippen molar-refractivity contribution in [2.75, 3.05) is 0 Å². The Morgan fingerprint density at radius 3 is 1.79 bits per heavy atom. The zero-order valence-electron chi connectivity index (χ0n) is 14.5. The molecule has 0 aromatic carbocycles. The van der Waals surface area contributed by atoms with Gasteiger partial charge in [-0.15, -0.1) is 0 Å². The van der Waals surface area contributed by atoms with Crippen molar-refractivity contribution in [3.8, 4) is 0 Å². The minimum atomic E-state index is -3.66. The molecule has 0 fully saturated rings. The lowest BCUT2D eigenvalue weighted by Gasteiger charge is -2.22. The van der Waals surface area contributed by atoms with E-state index in [0.717, 1.165) is 0 Å². The molecule has 0 bridgehead atoms. The molecule has 0 saturated carbocycles. The van der Waals surface area contributed by atoms with E-state index in [1.165, 1.54) is 20.8 Å². The number of carbonyl (C=O) groups excluding carboxylic acids is 1. The van der Waals surface area contributed by atoms with Crippen LogP contribution in [0, 0.1) is 0 Å². The summed E-state index contributed by atoms with van der Waals surface area (Å²) in [6.07, 6.45) is -1.43. The monoisotopic (exact) mass is 460 g/mol. The van der Waals surface area contributed by atoms with Crippen LogP contribution in [0.5, 0.6) is 0 Å². The van der Waals surface area contributed by atoms with Crippen molar-refractivity contribution in [1.29, 1.82) is 0 Å². The van der Waals surface area contributed by atoms with Gasteiger partial charge in [-0.1, -0.05) is 0 Å². The summed E-state index contributed by atoms with van der Waals surface area (Å²) in [7, 11) is -10.8. The Labute approximate surface area is 162 Å². The minimum Gasteiger partial charge on any atom is -0.479 e. The maximum Gasteiger partial charge on any atom is 0.408 e. The number of nitrogens with zero attached hydrogens (tertiary/aromatic N) is 1. The molecular weight excluding hydrogens is 444 g/mol. The topological polar surface area (TPSA) is 242 Å². The number of carboxylic acid groups (broad SMARTS) is 1. The molecule has 0 radical (unpaired) electrons. The maximum absolute atomic E-state index is 11.8. The predicted octanol–water partition coefficient (Wildman–Crippen LogP) is -3.65. The van der Waals surface area contributed by atoms with Gasteiger partial charge in [-0.3, -0.25) is 0 Å². The number of rotatable bonds is 5. The number of amides is 1. The van der Waals surface area contributed by atoms with Crippen LogP contribution in [0.4, 0.5) is 4.79 Å². The van der Waals surface area contributed by atoms with Crippen LogP contribution in [0.2, 0.25) is 0 Å². The van der Waals surface area contributed by atoms with Crippen LogP contribution in [0.15, 0.2) is 4.99 Å². The Morgan fingerprint density at radius 2 is 1.50 bits per heavy atom. The molecule has 28 heavy (non-hydrogen) atoms. The molecule has 0 unspecified atom stereocenters. The second-order valence-corrected chi connectivity index (χ2v) is 8.30. The van der Waals surface area contributed by atoms with Gasteiger partial charge in [0, 0.05) is 0 Å². The quantitative estimate of drug-likeness (QED) is 0.176. The fourth-order valence-corrected chi connectivity index (χ4v) is 3.90. The lowest BCUT2D eigenvalue weighted by Crippen LogP contribution is -2.52. The van der Waals surface area contributed by atoms with E-state index in [4.69, 9.17) is 16.2 Å². The summed E-state index contributed by atoms with van der Waals surface area (Å²) in [4.78, 5) is 21.7. The summed E-state index contributed by atoms with van der Waals surface area (Å²) in [6.45, 7) is 4.23. The Bertz CT molecular complexity index is 1090. The van der Waals surface area contributed by atoms with Crippen LogP contribution >= 0.6 is 0 Å². The van der Waals surface area contributed by atoms with E-state index in [-0.39, 0.29) is 0 Å². The molecule has 0 saturated heterocycles. The zero-order valence-corrected chi connectivity index (χ0v) is 17.0. The lowest BCUT2D eigenvalue weighted by molar-refractivity contribution is -0.137. The van der Waals surface area contributed by atoms with Gasteiger partial charge in [-0.2, -0.15) is 30.2 Å². The highest BCUT2D eigenvalue weighted by atomic mass is 32.2. The van der Waals surface area contributed by atoms with Crippen LogP contribution < -0.4 is 16.8 Å². The molecule has 0 aromatic rings. The van der Waals surface area contributed by atoms with E-state index in [1.54, 1.807) is 5.32 Å². The number of nitrogens with one attached hydrogen (secondary N) is 1. The highest BCUT2D eigenvalue weighted by Gasteiger charge is 2.36. The largest absolute Gasteiger partial charge is 0.479 e. The number of aliphatic imine (C=N–C) groups is 1. The molecule has 0 aliphatic rings. The molecule has 0 aliphatic heterocycles. The van der Waals surface area contributed by atoms with Crippen molar-refractivity contribution in [3.05, 3.63) is 0 Å². The predicted molar refractivity (Wildman–Crippen MR) is 98.4 cm³/mol. The number of carbonyl (C=O) groups is 2. The molecule has 1 atom stereocenters. The number of aliphatic carboxylic acids is 1. The number of alkyl carbamates (subject to hydrolysis) is 1. The van der Waals surface area contributed by atoms with Crippen LogP contribution in [0.25, 0.3) is 0 Å². The van der Waals surface area contributed by atoms with Gasteiger partial charge in [0.15, 0.2) is 16.9 Å². The highest BCUT2D eigenvalue weighted by Crippen LogP contribution is 2.07. The molecule has 17 heteroatoms. The van der Waals surface area contributed by atoms with Crippen LogP contribution in [-0.2, 0) is 40.4 Å². The van der Waals surface area contributed by atoms with Gasteiger partial charge in [0.1, 0.15) is 10.5 Å². The van der Waals surface area contributed by atoms with E-state index in [1.807, 2.05) is 0 Å². The minimum absolute atomic E-state index is 0.967. The molecule has 6 N–H and O–H groups in total. The molecule has 158 valence electrons. The van der Waals surface area contributed by atoms with E-state index in [0.29, 0.717) is 0 Å².